The van der Waals surface area contributed by atoms with Gasteiger partial charge in [-0.2, -0.15) is 0 Å². The summed E-state index contributed by atoms with van der Waals surface area (Å²) in [7, 11) is 0. The van der Waals surface area contributed by atoms with Crippen molar-refractivity contribution in [3.05, 3.63) is 12.2 Å². The molecule has 188 valence electrons. The molecule has 0 aliphatic rings. The molecule has 2 amide bonds. The fraction of sp³-hybridized carbons (Fsp3) is 0.833. The Morgan fingerprint density at radius 1 is 0.750 bits per heavy atom. The minimum atomic E-state index is -2.09. The number of amides is 2. The molecule has 0 aromatic rings. The van der Waals surface area contributed by atoms with E-state index in [9.17, 15) is 30.0 Å². The number of aliphatic hydroxyl groups is 5. The van der Waals surface area contributed by atoms with E-state index in [1.165, 1.54) is 38.5 Å². The maximum Gasteiger partial charge on any atom is 0.258 e. The fourth-order valence-corrected chi connectivity index (χ4v) is 3.31. The third kappa shape index (κ3) is 15.5. The molecule has 0 spiro atoms. The van der Waals surface area contributed by atoms with Crippen molar-refractivity contribution in [3.63, 3.8) is 0 Å². The normalized spacial score (nSPS) is 15.4. The fourth-order valence-electron chi connectivity index (χ4n) is 3.31. The van der Waals surface area contributed by atoms with Crippen LogP contribution < -0.4 is 5.32 Å². The Morgan fingerprint density at radius 3 is 1.78 bits per heavy atom. The van der Waals surface area contributed by atoms with Crippen molar-refractivity contribution in [3.8, 4) is 0 Å². The molecular weight excluding hydrogens is 414 g/mol. The zero-order valence-corrected chi connectivity index (χ0v) is 19.6. The molecule has 0 heterocycles. The van der Waals surface area contributed by atoms with Crippen molar-refractivity contribution < 1.29 is 35.1 Å². The van der Waals surface area contributed by atoms with Crippen molar-refractivity contribution >= 4 is 11.8 Å². The lowest BCUT2D eigenvalue weighted by atomic mass is 10.0. The SMILES string of the molecule is CCCCCCCC/C=C/CCCCCCCC(=O)NC(=O)C(O)C(O)C(O)C(O)CO. The van der Waals surface area contributed by atoms with E-state index in [-0.39, 0.29) is 6.42 Å². The molecule has 4 atom stereocenters. The molecule has 32 heavy (non-hydrogen) atoms. The molecule has 0 fully saturated rings. The highest BCUT2D eigenvalue weighted by Crippen LogP contribution is 2.10. The first kappa shape index (κ1) is 30.7. The van der Waals surface area contributed by atoms with Gasteiger partial charge in [0.15, 0.2) is 6.10 Å². The van der Waals surface area contributed by atoms with E-state index < -0.39 is 42.8 Å². The van der Waals surface area contributed by atoms with Gasteiger partial charge in [-0.1, -0.05) is 70.4 Å². The Morgan fingerprint density at radius 2 is 1.25 bits per heavy atom. The van der Waals surface area contributed by atoms with Gasteiger partial charge >= 0.3 is 0 Å². The maximum absolute atomic E-state index is 11.8. The van der Waals surface area contributed by atoms with E-state index in [1.807, 2.05) is 5.32 Å². The number of imide groups is 1. The number of hydrogen-bond donors (Lipinski definition) is 6. The Kier molecular flexibility index (Phi) is 19.5. The van der Waals surface area contributed by atoms with Gasteiger partial charge in [0.25, 0.3) is 5.91 Å². The zero-order valence-electron chi connectivity index (χ0n) is 19.6. The van der Waals surface area contributed by atoms with Crippen LogP contribution in [0, 0.1) is 0 Å². The van der Waals surface area contributed by atoms with Crippen LogP contribution in [0.25, 0.3) is 0 Å². The van der Waals surface area contributed by atoms with Crippen molar-refractivity contribution in [1.29, 1.82) is 0 Å². The van der Waals surface area contributed by atoms with Gasteiger partial charge in [-0.25, -0.2) is 0 Å². The van der Waals surface area contributed by atoms with E-state index in [0.717, 1.165) is 38.5 Å². The third-order valence-electron chi connectivity index (χ3n) is 5.45. The molecule has 6 N–H and O–H groups in total. The monoisotopic (exact) mass is 459 g/mol. The summed E-state index contributed by atoms with van der Waals surface area (Å²) in [5.41, 5.74) is 0. The smallest absolute Gasteiger partial charge is 0.258 e. The molecule has 0 rings (SSSR count). The summed E-state index contributed by atoms with van der Waals surface area (Å²) in [6, 6.07) is 0. The quantitative estimate of drug-likeness (QED) is 0.121. The summed E-state index contributed by atoms with van der Waals surface area (Å²) in [4.78, 5) is 23.6. The number of hydrogen-bond acceptors (Lipinski definition) is 7. The van der Waals surface area contributed by atoms with Gasteiger partial charge < -0.3 is 25.5 Å². The second-order valence-electron chi connectivity index (χ2n) is 8.42. The lowest BCUT2D eigenvalue weighted by Gasteiger charge is -2.24. The summed E-state index contributed by atoms with van der Waals surface area (Å²) in [6.45, 7) is 1.38. The highest BCUT2D eigenvalue weighted by Gasteiger charge is 2.34. The maximum atomic E-state index is 11.8. The summed E-state index contributed by atoms with van der Waals surface area (Å²) in [5.74, 6) is -1.73. The largest absolute Gasteiger partial charge is 0.394 e. The summed E-state index contributed by atoms with van der Waals surface area (Å²) >= 11 is 0. The molecule has 0 aromatic carbocycles. The van der Waals surface area contributed by atoms with Gasteiger partial charge in [-0.15, -0.1) is 0 Å². The van der Waals surface area contributed by atoms with Crippen LogP contribution in [0.4, 0.5) is 0 Å². The van der Waals surface area contributed by atoms with E-state index in [4.69, 9.17) is 5.11 Å². The molecular formula is C24H45NO7. The Balaban J connectivity index is 3.71. The van der Waals surface area contributed by atoms with E-state index in [0.29, 0.717) is 6.42 Å². The number of carbonyl (C=O) groups is 2. The van der Waals surface area contributed by atoms with Gasteiger partial charge in [-0.3, -0.25) is 14.9 Å². The lowest BCUT2D eigenvalue weighted by molar-refractivity contribution is -0.151. The average Bonchev–Trinajstić information content (AvgIpc) is 2.79. The van der Waals surface area contributed by atoms with Crippen molar-refractivity contribution in [1.82, 2.24) is 5.32 Å². The van der Waals surface area contributed by atoms with Gasteiger partial charge in [-0.05, 0) is 32.1 Å². The summed E-state index contributed by atoms with van der Waals surface area (Å²) in [5, 5.41) is 48.8. The number of unbranched alkanes of at least 4 members (excludes halogenated alkanes) is 11. The van der Waals surface area contributed by atoms with Gasteiger partial charge in [0.2, 0.25) is 5.91 Å². The number of allylic oxidation sites excluding steroid dienone is 2. The number of carbonyl (C=O) groups excluding carboxylic acids is 2. The second-order valence-corrected chi connectivity index (χ2v) is 8.42. The van der Waals surface area contributed by atoms with Crippen LogP contribution in [0.1, 0.15) is 96.8 Å². The summed E-state index contributed by atoms with van der Waals surface area (Å²) < 4.78 is 0. The molecule has 8 nitrogen and oxygen atoms in total. The summed E-state index contributed by atoms with van der Waals surface area (Å²) in [6.07, 6.45) is 11.7. The zero-order chi connectivity index (χ0) is 24.2. The highest BCUT2D eigenvalue weighted by atomic mass is 16.4. The molecule has 0 saturated heterocycles. The molecule has 4 unspecified atom stereocenters. The highest BCUT2D eigenvalue weighted by molar-refractivity contribution is 5.97. The van der Waals surface area contributed by atoms with Crippen LogP contribution in [-0.4, -0.2) is 68.4 Å². The molecule has 0 aliphatic carbocycles. The molecule has 0 aliphatic heterocycles. The first-order chi connectivity index (χ1) is 15.3. The minimum Gasteiger partial charge on any atom is -0.394 e. The van der Waals surface area contributed by atoms with E-state index >= 15 is 0 Å². The topological polar surface area (TPSA) is 147 Å². The standard InChI is InChI=1S/C24H45NO7/c1-2-3-4-5-6-7-8-9-10-11-12-13-14-15-16-17-20(28)25-24(32)23(31)22(30)21(29)19(27)18-26/h9-10,19,21-23,26-27,29-31H,2-8,11-18H2,1H3,(H,25,28,32)/b10-9+. The average molecular weight is 460 g/mol. The lowest BCUT2D eigenvalue weighted by Crippen LogP contribution is -2.52. The van der Waals surface area contributed by atoms with Gasteiger partial charge in [0, 0.05) is 6.42 Å². The van der Waals surface area contributed by atoms with E-state index in [2.05, 4.69) is 19.1 Å². The molecule has 0 bridgehead atoms. The van der Waals surface area contributed by atoms with Crippen LogP contribution in [0.3, 0.4) is 0 Å². The van der Waals surface area contributed by atoms with Crippen molar-refractivity contribution in [2.24, 2.45) is 0 Å². The van der Waals surface area contributed by atoms with Crippen LogP contribution >= 0.6 is 0 Å². The van der Waals surface area contributed by atoms with Crippen molar-refractivity contribution in [2.75, 3.05) is 6.61 Å². The van der Waals surface area contributed by atoms with Gasteiger partial charge in [0.05, 0.1) is 6.61 Å². The van der Waals surface area contributed by atoms with Crippen LogP contribution in [0.5, 0.6) is 0 Å². The predicted molar refractivity (Wildman–Crippen MR) is 124 cm³/mol. The Hall–Kier alpha value is -1.32. The van der Waals surface area contributed by atoms with Crippen LogP contribution in [0.15, 0.2) is 12.2 Å². The van der Waals surface area contributed by atoms with Gasteiger partial charge in [0.1, 0.15) is 18.3 Å². The number of nitrogens with one attached hydrogen (secondary N) is 1. The second kappa shape index (κ2) is 20.3. The molecule has 0 radical (unpaired) electrons. The molecule has 0 aromatic heterocycles. The van der Waals surface area contributed by atoms with E-state index in [1.54, 1.807) is 0 Å². The minimum absolute atomic E-state index is 0.120. The third-order valence-corrected chi connectivity index (χ3v) is 5.45. The van der Waals surface area contributed by atoms with Crippen molar-refractivity contribution in [2.45, 2.75) is 121 Å². The Bertz CT molecular complexity index is 513. The number of rotatable bonds is 20. The van der Waals surface area contributed by atoms with Crippen LogP contribution in [0.2, 0.25) is 0 Å². The predicted octanol–water partition coefficient (Wildman–Crippen LogP) is 2.10. The molecule has 0 saturated carbocycles. The van der Waals surface area contributed by atoms with Crippen LogP contribution in [-0.2, 0) is 9.59 Å². The molecule has 8 heteroatoms. The Labute approximate surface area is 192 Å². The first-order valence-electron chi connectivity index (χ1n) is 12.2. The number of aliphatic hydroxyl groups excluding tert-OH is 5. The first-order valence-corrected chi connectivity index (χ1v) is 12.2.